The highest BCUT2D eigenvalue weighted by Crippen LogP contribution is 2.18. The van der Waals surface area contributed by atoms with Gasteiger partial charge in [0, 0.05) is 44.4 Å². The summed E-state index contributed by atoms with van der Waals surface area (Å²) in [6.45, 7) is 7.34. The summed E-state index contributed by atoms with van der Waals surface area (Å²) in [4.78, 5) is 23.6. The highest BCUT2D eigenvalue weighted by molar-refractivity contribution is 5.92. The van der Waals surface area contributed by atoms with Crippen LogP contribution in [0.25, 0.3) is 11.4 Å². The molecule has 1 N–H and O–H groups in total. The number of aryl methyl sites for hydroxylation is 1. The van der Waals surface area contributed by atoms with Gasteiger partial charge in [0.05, 0.1) is 0 Å². The minimum atomic E-state index is -0.119. The molecule has 3 aromatic rings. The largest absolute Gasteiger partial charge is 0.337 e. The molecule has 4 rings (SSSR count). The van der Waals surface area contributed by atoms with Gasteiger partial charge >= 0.3 is 0 Å². The number of fused-ring (bicyclic) bond motifs is 1. The van der Waals surface area contributed by atoms with E-state index in [-0.39, 0.29) is 24.9 Å². The molecule has 154 valence electrons. The van der Waals surface area contributed by atoms with Crippen molar-refractivity contribution >= 4 is 18.3 Å². The van der Waals surface area contributed by atoms with Crippen molar-refractivity contribution < 1.29 is 9.32 Å². The van der Waals surface area contributed by atoms with Crippen LogP contribution in [0.15, 0.2) is 35.0 Å². The van der Waals surface area contributed by atoms with Gasteiger partial charge in [-0.2, -0.15) is 4.98 Å². The van der Waals surface area contributed by atoms with E-state index in [2.05, 4.69) is 25.0 Å². The molecule has 8 nitrogen and oxygen atoms in total. The van der Waals surface area contributed by atoms with Gasteiger partial charge in [-0.05, 0) is 19.9 Å². The normalized spacial score (nSPS) is 13.3. The van der Waals surface area contributed by atoms with E-state index in [9.17, 15) is 4.79 Å². The van der Waals surface area contributed by atoms with Gasteiger partial charge in [0.25, 0.3) is 5.91 Å². The zero-order chi connectivity index (χ0) is 19.5. The summed E-state index contributed by atoms with van der Waals surface area (Å²) >= 11 is 0. The van der Waals surface area contributed by atoms with Crippen LogP contribution >= 0.6 is 12.4 Å². The minimum absolute atomic E-state index is 0. The number of halogens is 1. The number of hydrogen-bond donors (Lipinski definition) is 1. The molecule has 1 aliphatic rings. The summed E-state index contributed by atoms with van der Waals surface area (Å²) < 4.78 is 7.45. The SMILES string of the molecule is CCN(Cc1nc(-c2cccc(C)c2)no1)C(=O)c1cn2c(n1)CCNCC2.Cl. The van der Waals surface area contributed by atoms with Crippen LogP contribution in [0.4, 0.5) is 0 Å². The highest BCUT2D eigenvalue weighted by atomic mass is 35.5. The molecule has 0 aliphatic carbocycles. The van der Waals surface area contributed by atoms with Crippen LogP contribution in [-0.2, 0) is 19.5 Å². The Morgan fingerprint density at radius 2 is 2.17 bits per heavy atom. The number of benzene rings is 1. The quantitative estimate of drug-likeness (QED) is 0.687. The van der Waals surface area contributed by atoms with Gasteiger partial charge in [0.1, 0.15) is 18.1 Å². The van der Waals surface area contributed by atoms with Crippen LogP contribution in [-0.4, -0.2) is 50.1 Å². The summed E-state index contributed by atoms with van der Waals surface area (Å²) in [5.41, 5.74) is 2.50. The average molecular weight is 417 g/mol. The molecule has 2 aromatic heterocycles. The second-order valence-corrected chi connectivity index (χ2v) is 6.94. The Bertz CT molecular complexity index is 960. The number of carbonyl (C=O) groups is 1. The topological polar surface area (TPSA) is 89.1 Å². The minimum Gasteiger partial charge on any atom is -0.337 e. The fourth-order valence-corrected chi connectivity index (χ4v) is 3.35. The Morgan fingerprint density at radius 1 is 1.31 bits per heavy atom. The van der Waals surface area contributed by atoms with Gasteiger partial charge in [-0.1, -0.05) is 28.9 Å². The Labute approximate surface area is 175 Å². The van der Waals surface area contributed by atoms with E-state index in [1.165, 1.54) is 0 Å². The fraction of sp³-hybridized carbons (Fsp3) is 0.400. The summed E-state index contributed by atoms with van der Waals surface area (Å²) in [6.07, 6.45) is 2.67. The van der Waals surface area contributed by atoms with E-state index in [0.717, 1.165) is 43.0 Å². The van der Waals surface area contributed by atoms with Crippen molar-refractivity contribution in [2.24, 2.45) is 0 Å². The molecule has 29 heavy (non-hydrogen) atoms. The molecule has 1 amide bonds. The Hall–Kier alpha value is -2.71. The van der Waals surface area contributed by atoms with Crippen molar-refractivity contribution in [1.82, 2.24) is 29.9 Å². The number of imidazole rings is 1. The monoisotopic (exact) mass is 416 g/mol. The first kappa shape index (κ1) is 21.0. The van der Waals surface area contributed by atoms with Gasteiger partial charge in [-0.15, -0.1) is 12.4 Å². The van der Waals surface area contributed by atoms with Crippen LogP contribution in [0, 0.1) is 6.92 Å². The van der Waals surface area contributed by atoms with Crippen molar-refractivity contribution in [1.29, 1.82) is 0 Å². The Kier molecular flexibility index (Phi) is 6.66. The molecule has 1 aliphatic heterocycles. The number of hydrogen-bond acceptors (Lipinski definition) is 6. The first-order valence-corrected chi connectivity index (χ1v) is 9.59. The fourth-order valence-electron chi connectivity index (χ4n) is 3.35. The molecule has 0 radical (unpaired) electrons. The summed E-state index contributed by atoms with van der Waals surface area (Å²) in [5.74, 6) is 1.77. The molecular weight excluding hydrogens is 392 g/mol. The Morgan fingerprint density at radius 3 is 2.97 bits per heavy atom. The number of amides is 1. The van der Waals surface area contributed by atoms with Crippen LogP contribution in [0.2, 0.25) is 0 Å². The molecule has 0 fully saturated rings. The van der Waals surface area contributed by atoms with Crippen LogP contribution in [0.1, 0.15) is 34.7 Å². The van der Waals surface area contributed by atoms with Gasteiger partial charge in [-0.3, -0.25) is 4.79 Å². The molecule has 0 saturated carbocycles. The van der Waals surface area contributed by atoms with Crippen LogP contribution in [0.3, 0.4) is 0 Å². The van der Waals surface area contributed by atoms with Crippen molar-refractivity contribution in [2.45, 2.75) is 33.4 Å². The standard InChI is InChI=1S/C20H24N6O2.ClH/c1-3-25(20(27)16-12-26-10-9-21-8-7-17(26)22-16)13-18-23-19(24-28-18)15-6-4-5-14(2)11-15;/h4-6,11-12,21H,3,7-10,13H2,1-2H3;1H. The molecular formula is C20H25ClN6O2. The second-order valence-electron chi connectivity index (χ2n) is 6.94. The van der Waals surface area contributed by atoms with Crippen molar-refractivity contribution in [2.75, 3.05) is 19.6 Å². The number of nitrogens with one attached hydrogen (secondary N) is 1. The number of rotatable bonds is 5. The number of carbonyl (C=O) groups excluding carboxylic acids is 1. The molecule has 3 heterocycles. The summed E-state index contributed by atoms with van der Waals surface area (Å²) in [7, 11) is 0. The zero-order valence-corrected chi connectivity index (χ0v) is 17.4. The lowest BCUT2D eigenvalue weighted by Gasteiger charge is -2.17. The average Bonchev–Trinajstić information content (AvgIpc) is 3.27. The van der Waals surface area contributed by atoms with Crippen molar-refractivity contribution in [3.05, 3.63) is 53.4 Å². The lowest BCUT2D eigenvalue weighted by Crippen LogP contribution is -2.30. The molecule has 1 aromatic carbocycles. The van der Waals surface area contributed by atoms with E-state index < -0.39 is 0 Å². The molecule has 9 heteroatoms. The molecule has 0 bridgehead atoms. The predicted molar refractivity (Wildman–Crippen MR) is 111 cm³/mol. The van der Waals surface area contributed by atoms with Gasteiger partial charge in [-0.25, -0.2) is 4.98 Å². The maximum Gasteiger partial charge on any atom is 0.274 e. The van der Waals surface area contributed by atoms with Gasteiger partial charge in [0.2, 0.25) is 11.7 Å². The highest BCUT2D eigenvalue weighted by Gasteiger charge is 2.22. The maximum absolute atomic E-state index is 13.0. The molecule has 0 spiro atoms. The van der Waals surface area contributed by atoms with Crippen LogP contribution < -0.4 is 5.32 Å². The van der Waals surface area contributed by atoms with E-state index in [1.54, 1.807) is 4.90 Å². The van der Waals surface area contributed by atoms with E-state index in [0.29, 0.717) is 24.0 Å². The van der Waals surface area contributed by atoms with Gasteiger partial charge in [0.15, 0.2) is 0 Å². The molecule has 0 saturated heterocycles. The van der Waals surface area contributed by atoms with Crippen molar-refractivity contribution in [3.63, 3.8) is 0 Å². The molecule has 0 unspecified atom stereocenters. The maximum atomic E-state index is 13.0. The lowest BCUT2D eigenvalue weighted by molar-refractivity contribution is 0.0729. The smallest absolute Gasteiger partial charge is 0.274 e. The Balaban J connectivity index is 0.00000240. The van der Waals surface area contributed by atoms with Gasteiger partial charge < -0.3 is 19.3 Å². The second kappa shape index (κ2) is 9.19. The first-order valence-electron chi connectivity index (χ1n) is 9.59. The zero-order valence-electron chi connectivity index (χ0n) is 16.6. The third-order valence-electron chi connectivity index (χ3n) is 4.87. The van der Waals surface area contributed by atoms with E-state index >= 15 is 0 Å². The number of aromatic nitrogens is 4. The summed E-state index contributed by atoms with van der Waals surface area (Å²) in [6, 6.07) is 7.92. The van der Waals surface area contributed by atoms with Crippen LogP contribution in [0.5, 0.6) is 0 Å². The van der Waals surface area contributed by atoms with E-state index in [4.69, 9.17) is 4.52 Å². The first-order chi connectivity index (χ1) is 13.6. The lowest BCUT2D eigenvalue weighted by atomic mass is 10.1. The third kappa shape index (κ3) is 4.65. The predicted octanol–water partition coefficient (Wildman–Crippen LogP) is 2.47. The third-order valence-corrected chi connectivity index (χ3v) is 4.87. The molecule has 0 atom stereocenters. The number of nitrogens with zero attached hydrogens (tertiary/aromatic N) is 5. The van der Waals surface area contributed by atoms with Crippen molar-refractivity contribution in [3.8, 4) is 11.4 Å². The van der Waals surface area contributed by atoms with E-state index in [1.807, 2.05) is 44.3 Å². The summed E-state index contributed by atoms with van der Waals surface area (Å²) in [5, 5.41) is 7.39.